The van der Waals surface area contributed by atoms with Gasteiger partial charge in [0.05, 0.1) is 32.1 Å². The highest BCUT2D eigenvalue weighted by Gasteiger charge is 2.60. The zero-order valence-electron chi connectivity index (χ0n) is 25.1. The molecule has 1 aliphatic heterocycles. The van der Waals surface area contributed by atoms with Crippen molar-refractivity contribution in [1.82, 2.24) is 9.88 Å². The first-order chi connectivity index (χ1) is 18.4. The van der Waals surface area contributed by atoms with E-state index in [1.54, 1.807) is 31.4 Å². The van der Waals surface area contributed by atoms with Crippen molar-refractivity contribution in [3.63, 3.8) is 0 Å². The third kappa shape index (κ3) is 6.63. The molecule has 1 saturated heterocycles. The number of carbonyl (C=O) groups is 2. The SMILES string of the molecule is COCC1CC(CC(C)C)(C(=O)OCC(C)C)N(C(=O)c2ccc(C(C)(C)C)c(OC)c2)C1c1ccccn1. The first-order valence-electron chi connectivity index (χ1n) is 13.9. The highest BCUT2D eigenvalue weighted by molar-refractivity contribution is 5.99. The summed E-state index contributed by atoms with van der Waals surface area (Å²) in [6.07, 6.45) is 2.62. The van der Waals surface area contributed by atoms with E-state index in [0.29, 0.717) is 30.8 Å². The monoisotopic (exact) mass is 538 g/mol. The first-order valence-corrected chi connectivity index (χ1v) is 13.9. The van der Waals surface area contributed by atoms with Gasteiger partial charge in [-0.15, -0.1) is 0 Å². The van der Waals surface area contributed by atoms with Crippen LogP contribution in [0.4, 0.5) is 0 Å². The molecule has 3 atom stereocenters. The number of carbonyl (C=O) groups excluding carboxylic acids is 2. The maximum atomic E-state index is 14.6. The van der Waals surface area contributed by atoms with Gasteiger partial charge >= 0.3 is 5.97 Å². The number of rotatable bonds is 10. The molecule has 1 amide bonds. The number of hydrogen-bond donors (Lipinski definition) is 0. The quantitative estimate of drug-likeness (QED) is 0.334. The van der Waals surface area contributed by atoms with Crippen molar-refractivity contribution in [2.45, 2.75) is 78.3 Å². The lowest BCUT2D eigenvalue weighted by atomic mass is 9.83. The fraction of sp³-hybridized carbons (Fsp3) is 0.594. The van der Waals surface area contributed by atoms with E-state index in [2.05, 4.69) is 39.6 Å². The summed E-state index contributed by atoms with van der Waals surface area (Å²) in [7, 11) is 3.27. The van der Waals surface area contributed by atoms with Crippen LogP contribution in [0.5, 0.6) is 5.75 Å². The van der Waals surface area contributed by atoms with Crippen molar-refractivity contribution >= 4 is 11.9 Å². The average molecular weight is 539 g/mol. The third-order valence-electron chi connectivity index (χ3n) is 7.31. The number of pyridine rings is 1. The number of esters is 1. The van der Waals surface area contributed by atoms with Gasteiger partial charge in [-0.25, -0.2) is 4.79 Å². The van der Waals surface area contributed by atoms with Gasteiger partial charge in [0.2, 0.25) is 0 Å². The molecule has 3 rings (SSSR count). The second kappa shape index (κ2) is 12.5. The minimum absolute atomic E-state index is 0.135. The second-order valence-corrected chi connectivity index (χ2v) is 12.6. The number of nitrogens with zero attached hydrogens (tertiary/aromatic N) is 2. The van der Waals surface area contributed by atoms with Crippen LogP contribution in [0.25, 0.3) is 0 Å². The number of likely N-dealkylation sites (tertiary alicyclic amines) is 1. The number of benzene rings is 1. The number of aromatic nitrogens is 1. The van der Waals surface area contributed by atoms with Gasteiger partial charge < -0.3 is 19.1 Å². The zero-order valence-corrected chi connectivity index (χ0v) is 25.1. The van der Waals surface area contributed by atoms with Crippen LogP contribution in [-0.4, -0.2) is 54.7 Å². The minimum atomic E-state index is -1.17. The molecule has 2 aromatic rings. The minimum Gasteiger partial charge on any atom is -0.496 e. The molecule has 0 spiro atoms. The average Bonchev–Trinajstić information content (AvgIpc) is 3.20. The van der Waals surface area contributed by atoms with Crippen molar-refractivity contribution in [2.75, 3.05) is 27.4 Å². The molecule has 0 bridgehead atoms. The second-order valence-electron chi connectivity index (χ2n) is 12.6. The summed E-state index contributed by atoms with van der Waals surface area (Å²) in [5, 5.41) is 0. The topological polar surface area (TPSA) is 78.0 Å². The molecule has 1 aliphatic rings. The molecule has 3 unspecified atom stereocenters. The van der Waals surface area contributed by atoms with E-state index < -0.39 is 11.6 Å². The maximum absolute atomic E-state index is 14.6. The zero-order chi connectivity index (χ0) is 29.0. The Morgan fingerprint density at radius 1 is 1.08 bits per heavy atom. The predicted molar refractivity (Wildman–Crippen MR) is 153 cm³/mol. The largest absolute Gasteiger partial charge is 0.496 e. The Balaban J connectivity index is 2.24. The van der Waals surface area contributed by atoms with E-state index in [1.165, 1.54) is 0 Å². The first kappa shape index (κ1) is 30.6. The molecule has 0 radical (unpaired) electrons. The molecule has 7 nitrogen and oxygen atoms in total. The van der Waals surface area contributed by atoms with Crippen molar-refractivity contribution in [3.8, 4) is 5.75 Å². The smallest absolute Gasteiger partial charge is 0.332 e. The normalized spacial score (nSPS) is 21.5. The van der Waals surface area contributed by atoms with Gasteiger partial charge in [0.25, 0.3) is 5.91 Å². The molecule has 7 heteroatoms. The molecule has 2 heterocycles. The number of amides is 1. The molecule has 1 aromatic carbocycles. The van der Waals surface area contributed by atoms with E-state index in [9.17, 15) is 9.59 Å². The van der Waals surface area contributed by atoms with Crippen LogP contribution < -0.4 is 4.74 Å². The molecule has 39 heavy (non-hydrogen) atoms. The predicted octanol–water partition coefficient (Wildman–Crippen LogP) is 6.22. The molecule has 1 aromatic heterocycles. The summed E-state index contributed by atoms with van der Waals surface area (Å²) in [5.74, 6) is 0.199. The Labute approximate surface area is 234 Å². The van der Waals surface area contributed by atoms with Crippen molar-refractivity contribution in [1.29, 1.82) is 0 Å². The Morgan fingerprint density at radius 3 is 2.33 bits per heavy atom. The third-order valence-corrected chi connectivity index (χ3v) is 7.31. The standard InChI is InChI=1S/C32H46N2O5/c1-21(2)17-32(30(36)39-19-22(3)4)18-24(20-37-8)28(26-12-10-11-15-33-26)34(32)29(35)23-13-14-25(31(5,6)7)27(16-23)38-9/h10-16,21-22,24,28H,17-20H2,1-9H3. The Kier molecular flexibility index (Phi) is 9.81. The molecule has 0 N–H and O–H groups in total. The van der Waals surface area contributed by atoms with Gasteiger partial charge in [0, 0.05) is 24.8 Å². The Bertz CT molecular complexity index is 1130. The maximum Gasteiger partial charge on any atom is 0.332 e. The van der Waals surface area contributed by atoms with Crippen molar-refractivity contribution in [2.24, 2.45) is 17.8 Å². The van der Waals surface area contributed by atoms with E-state index in [0.717, 1.165) is 11.3 Å². The summed E-state index contributed by atoms with van der Waals surface area (Å²) < 4.78 is 17.3. The van der Waals surface area contributed by atoms with Crippen molar-refractivity contribution in [3.05, 3.63) is 59.4 Å². The van der Waals surface area contributed by atoms with Gasteiger partial charge in [0.15, 0.2) is 0 Å². The molecular weight excluding hydrogens is 492 g/mol. The summed E-state index contributed by atoms with van der Waals surface area (Å²) >= 11 is 0. The van der Waals surface area contributed by atoms with Crippen LogP contribution in [0, 0.1) is 17.8 Å². The summed E-state index contributed by atoms with van der Waals surface area (Å²) in [6.45, 7) is 15.2. The van der Waals surface area contributed by atoms with Gasteiger partial charge in [-0.05, 0) is 59.9 Å². The van der Waals surface area contributed by atoms with Crippen LogP contribution in [0.1, 0.15) is 89.0 Å². The van der Waals surface area contributed by atoms with Crippen LogP contribution in [-0.2, 0) is 19.7 Å². The molecular formula is C32H46N2O5. The summed E-state index contributed by atoms with van der Waals surface area (Å²) in [4.78, 5) is 35.1. The Morgan fingerprint density at radius 2 is 1.79 bits per heavy atom. The van der Waals surface area contributed by atoms with Crippen LogP contribution in [0.2, 0.25) is 0 Å². The van der Waals surface area contributed by atoms with Crippen LogP contribution >= 0.6 is 0 Å². The summed E-state index contributed by atoms with van der Waals surface area (Å²) in [5.41, 5.74) is 0.868. The number of hydrogen-bond acceptors (Lipinski definition) is 6. The van der Waals surface area contributed by atoms with E-state index in [-0.39, 0.29) is 41.7 Å². The highest BCUT2D eigenvalue weighted by Crippen LogP contribution is 2.51. The van der Waals surface area contributed by atoms with Gasteiger partial charge in [-0.3, -0.25) is 9.78 Å². The molecule has 0 aliphatic carbocycles. The fourth-order valence-corrected chi connectivity index (χ4v) is 5.81. The number of methoxy groups -OCH3 is 2. The fourth-order valence-electron chi connectivity index (χ4n) is 5.81. The van der Waals surface area contributed by atoms with E-state index in [4.69, 9.17) is 14.2 Å². The van der Waals surface area contributed by atoms with Gasteiger partial charge in [0.1, 0.15) is 11.3 Å². The van der Waals surface area contributed by atoms with Gasteiger partial charge in [-0.2, -0.15) is 0 Å². The van der Waals surface area contributed by atoms with E-state index in [1.807, 2.05) is 44.2 Å². The molecule has 214 valence electrons. The van der Waals surface area contributed by atoms with E-state index >= 15 is 0 Å². The lowest BCUT2D eigenvalue weighted by Gasteiger charge is -2.40. The van der Waals surface area contributed by atoms with Crippen LogP contribution in [0.3, 0.4) is 0 Å². The number of ether oxygens (including phenoxy) is 3. The molecule has 1 fully saturated rings. The Hall–Kier alpha value is -2.93. The lowest BCUT2D eigenvalue weighted by molar-refractivity contribution is -0.158. The highest BCUT2D eigenvalue weighted by atomic mass is 16.5. The van der Waals surface area contributed by atoms with Gasteiger partial charge in [-0.1, -0.05) is 60.6 Å². The lowest BCUT2D eigenvalue weighted by Crippen LogP contribution is -2.55. The van der Waals surface area contributed by atoms with Crippen molar-refractivity contribution < 1.29 is 23.8 Å². The summed E-state index contributed by atoms with van der Waals surface area (Å²) in [6, 6.07) is 10.8. The molecule has 0 saturated carbocycles. The van der Waals surface area contributed by atoms with Crippen LogP contribution in [0.15, 0.2) is 42.6 Å².